The highest BCUT2D eigenvalue weighted by atomic mass is 15.2. The molecule has 0 aliphatic heterocycles. The number of hydrogen-bond acceptors (Lipinski definition) is 4. The minimum absolute atomic E-state index is 0.604. The predicted molar refractivity (Wildman–Crippen MR) is 83.0 cm³/mol. The van der Waals surface area contributed by atoms with Gasteiger partial charge in [-0.1, -0.05) is 18.2 Å². The molecule has 1 aromatic carbocycles. The first-order valence-corrected chi connectivity index (χ1v) is 7.40. The Hall–Kier alpha value is -1.68. The minimum atomic E-state index is 0.604. The molecule has 1 aliphatic rings. The Kier molecular flexibility index (Phi) is 3.83. The lowest BCUT2D eigenvalue weighted by atomic mass is 9.90. The average molecular weight is 270 g/mol. The van der Waals surface area contributed by atoms with Crippen molar-refractivity contribution < 1.29 is 0 Å². The van der Waals surface area contributed by atoms with Crippen LogP contribution in [0.2, 0.25) is 0 Å². The molecule has 1 heterocycles. The van der Waals surface area contributed by atoms with Gasteiger partial charge in [0.1, 0.15) is 0 Å². The van der Waals surface area contributed by atoms with Gasteiger partial charge in [0.25, 0.3) is 0 Å². The van der Waals surface area contributed by atoms with Crippen LogP contribution in [0.4, 0.5) is 5.69 Å². The standard InChI is InChI=1S/C16H22N4/c1-17-12-7-9-13(10-8-12)20(2)16-11-18-19-15-6-4-3-5-14(15)16/h3-6,11-13,17H,7-10H2,1-2H3. The van der Waals surface area contributed by atoms with Gasteiger partial charge in [-0.05, 0) is 38.8 Å². The van der Waals surface area contributed by atoms with Crippen molar-refractivity contribution in [2.45, 2.75) is 37.8 Å². The number of anilines is 1. The lowest BCUT2D eigenvalue weighted by Crippen LogP contribution is -2.40. The van der Waals surface area contributed by atoms with Gasteiger partial charge in [-0.2, -0.15) is 10.2 Å². The third-order valence-corrected chi connectivity index (χ3v) is 4.56. The smallest absolute Gasteiger partial charge is 0.0950 e. The maximum Gasteiger partial charge on any atom is 0.0950 e. The van der Waals surface area contributed by atoms with E-state index in [9.17, 15) is 0 Å². The van der Waals surface area contributed by atoms with Crippen LogP contribution in [0.3, 0.4) is 0 Å². The van der Waals surface area contributed by atoms with Crippen LogP contribution in [-0.4, -0.2) is 36.4 Å². The molecule has 0 bridgehead atoms. The molecule has 0 radical (unpaired) electrons. The van der Waals surface area contributed by atoms with Crippen molar-refractivity contribution in [3.05, 3.63) is 30.5 Å². The fourth-order valence-corrected chi connectivity index (χ4v) is 3.22. The minimum Gasteiger partial charge on any atom is -0.370 e. The molecule has 1 fully saturated rings. The Labute approximate surface area is 120 Å². The SMILES string of the molecule is CNC1CCC(N(C)c2cnnc3ccccc23)CC1. The van der Waals surface area contributed by atoms with Crippen LogP contribution in [0.25, 0.3) is 10.9 Å². The molecule has 2 aromatic rings. The van der Waals surface area contributed by atoms with Crippen molar-refractivity contribution in [2.75, 3.05) is 19.0 Å². The normalized spacial score (nSPS) is 22.9. The van der Waals surface area contributed by atoms with Crippen LogP contribution < -0.4 is 10.2 Å². The van der Waals surface area contributed by atoms with Crippen LogP contribution in [0.15, 0.2) is 30.5 Å². The zero-order valence-corrected chi connectivity index (χ0v) is 12.2. The van der Waals surface area contributed by atoms with E-state index in [0.29, 0.717) is 12.1 Å². The fraction of sp³-hybridized carbons (Fsp3) is 0.500. The third-order valence-electron chi connectivity index (χ3n) is 4.56. The Balaban J connectivity index is 1.84. The van der Waals surface area contributed by atoms with Gasteiger partial charge >= 0.3 is 0 Å². The van der Waals surface area contributed by atoms with Crippen LogP contribution in [-0.2, 0) is 0 Å². The van der Waals surface area contributed by atoms with Crippen LogP contribution in [0.1, 0.15) is 25.7 Å². The van der Waals surface area contributed by atoms with Gasteiger partial charge in [0.05, 0.1) is 17.4 Å². The van der Waals surface area contributed by atoms with E-state index in [-0.39, 0.29) is 0 Å². The third kappa shape index (κ3) is 2.48. The number of nitrogens with zero attached hydrogens (tertiary/aromatic N) is 3. The largest absolute Gasteiger partial charge is 0.370 e. The van der Waals surface area contributed by atoms with Crippen LogP contribution >= 0.6 is 0 Å². The van der Waals surface area contributed by atoms with E-state index >= 15 is 0 Å². The van der Waals surface area contributed by atoms with Gasteiger partial charge in [0.2, 0.25) is 0 Å². The van der Waals surface area contributed by atoms with Gasteiger partial charge in [0, 0.05) is 24.5 Å². The second-order valence-electron chi connectivity index (χ2n) is 5.65. The number of rotatable bonds is 3. The van der Waals surface area contributed by atoms with E-state index in [4.69, 9.17) is 0 Å². The van der Waals surface area contributed by atoms with E-state index in [2.05, 4.69) is 46.6 Å². The van der Waals surface area contributed by atoms with E-state index in [1.165, 1.54) is 36.8 Å². The summed E-state index contributed by atoms with van der Waals surface area (Å²) in [7, 11) is 4.25. The van der Waals surface area contributed by atoms with Crippen LogP contribution in [0, 0.1) is 0 Å². The molecule has 1 aliphatic carbocycles. The lowest BCUT2D eigenvalue weighted by Gasteiger charge is -2.36. The number of aromatic nitrogens is 2. The number of benzene rings is 1. The predicted octanol–water partition coefficient (Wildman–Crippen LogP) is 2.60. The summed E-state index contributed by atoms with van der Waals surface area (Å²) in [6.07, 6.45) is 6.87. The van der Waals surface area contributed by atoms with Crippen molar-refractivity contribution in [1.82, 2.24) is 15.5 Å². The summed E-state index contributed by atoms with van der Waals surface area (Å²) >= 11 is 0. The van der Waals surface area contributed by atoms with Crippen molar-refractivity contribution >= 4 is 16.6 Å². The molecule has 1 saturated carbocycles. The van der Waals surface area contributed by atoms with Crippen LogP contribution in [0.5, 0.6) is 0 Å². The molecule has 0 atom stereocenters. The zero-order valence-electron chi connectivity index (χ0n) is 12.2. The topological polar surface area (TPSA) is 41.0 Å². The van der Waals surface area contributed by atoms with Gasteiger partial charge in [0.15, 0.2) is 0 Å². The van der Waals surface area contributed by atoms with E-state index in [1.807, 2.05) is 18.3 Å². The Morgan fingerprint density at radius 1 is 1.15 bits per heavy atom. The van der Waals surface area contributed by atoms with Crippen molar-refractivity contribution in [3.63, 3.8) is 0 Å². The maximum absolute atomic E-state index is 4.21. The summed E-state index contributed by atoms with van der Waals surface area (Å²) in [5.74, 6) is 0. The molecule has 106 valence electrons. The Morgan fingerprint density at radius 2 is 1.90 bits per heavy atom. The van der Waals surface area contributed by atoms with Crippen molar-refractivity contribution in [2.24, 2.45) is 0 Å². The summed E-state index contributed by atoms with van der Waals surface area (Å²) in [5, 5.41) is 13.0. The van der Waals surface area contributed by atoms with Crippen molar-refractivity contribution in [1.29, 1.82) is 0 Å². The average Bonchev–Trinajstić information content (AvgIpc) is 2.54. The van der Waals surface area contributed by atoms with Crippen molar-refractivity contribution in [3.8, 4) is 0 Å². The van der Waals surface area contributed by atoms with E-state index < -0.39 is 0 Å². The van der Waals surface area contributed by atoms with Gasteiger partial charge in [-0.15, -0.1) is 0 Å². The van der Waals surface area contributed by atoms with E-state index in [0.717, 1.165) is 5.52 Å². The molecule has 20 heavy (non-hydrogen) atoms. The molecule has 1 N–H and O–H groups in total. The fourth-order valence-electron chi connectivity index (χ4n) is 3.22. The summed E-state index contributed by atoms with van der Waals surface area (Å²) in [6.45, 7) is 0. The molecule has 0 unspecified atom stereocenters. The second-order valence-corrected chi connectivity index (χ2v) is 5.65. The monoisotopic (exact) mass is 270 g/mol. The highest BCUT2D eigenvalue weighted by Gasteiger charge is 2.24. The molecule has 3 rings (SSSR count). The molecule has 0 saturated heterocycles. The lowest BCUT2D eigenvalue weighted by molar-refractivity contribution is 0.351. The van der Waals surface area contributed by atoms with Gasteiger partial charge in [-0.25, -0.2) is 0 Å². The molecule has 1 aromatic heterocycles. The maximum atomic E-state index is 4.21. The number of nitrogens with one attached hydrogen (secondary N) is 1. The molecular formula is C16H22N4. The first-order valence-electron chi connectivity index (χ1n) is 7.40. The molecule has 0 spiro atoms. The molecule has 4 nitrogen and oxygen atoms in total. The number of hydrogen-bond donors (Lipinski definition) is 1. The Morgan fingerprint density at radius 3 is 2.65 bits per heavy atom. The number of fused-ring (bicyclic) bond motifs is 1. The summed E-state index contributed by atoms with van der Waals surface area (Å²) in [5.41, 5.74) is 2.17. The highest BCUT2D eigenvalue weighted by molar-refractivity contribution is 5.90. The zero-order chi connectivity index (χ0) is 13.9. The molecule has 0 amide bonds. The second kappa shape index (κ2) is 5.75. The first-order chi connectivity index (χ1) is 9.79. The summed E-state index contributed by atoms with van der Waals surface area (Å²) in [4.78, 5) is 2.39. The van der Waals surface area contributed by atoms with Gasteiger partial charge in [-0.3, -0.25) is 0 Å². The summed E-state index contributed by atoms with van der Waals surface area (Å²) in [6, 6.07) is 9.53. The Bertz CT molecular complexity index is 570. The first kappa shape index (κ1) is 13.3. The quantitative estimate of drug-likeness (QED) is 0.931. The highest BCUT2D eigenvalue weighted by Crippen LogP contribution is 2.30. The summed E-state index contributed by atoms with van der Waals surface area (Å²) < 4.78 is 0. The molecular weight excluding hydrogens is 248 g/mol. The van der Waals surface area contributed by atoms with Gasteiger partial charge < -0.3 is 10.2 Å². The van der Waals surface area contributed by atoms with E-state index in [1.54, 1.807) is 0 Å². The molecule has 4 heteroatoms.